The fourth-order valence-electron chi connectivity index (χ4n) is 0.435. The number of thiazole rings is 1. The smallest absolute Gasteiger partial charge is 0.274 e. The van der Waals surface area contributed by atoms with Crippen molar-refractivity contribution in [1.82, 2.24) is 4.98 Å². The zero-order valence-corrected chi connectivity index (χ0v) is 7.61. The molecule has 0 radical (unpaired) electrons. The van der Waals surface area contributed by atoms with Crippen LogP contribution in [0.25, 0.3) is 0 Å². The lowest BCUT2D eigenvalue weighted by Crippen LogP contribution is -1.90. The number of hydrogen-bond acceptors (Lipinski definition) is 3. The second-order valence-corrected chi connectivity index (χ2v) is 3.17. The normalized spacial score (nSPS) is 9.30. The molecule has 1 aromatic rings. The van der Waals surface area contributed by atoms with Gasteiger partial charge >= 0.3 is 0 Å². The number of aromatic nitrogens is 1. The van der Waals surface area contributed by atoms with Crippen LogP contribution in [0.3, 0.4) is 0 Å². The molecule has 0 saturated carbocycles. The minimum atomic E-state index is 0.514. The third kappa shape index (κ3) is 2.11. The molecule has 1 rings (SSSR count). The molecule has 0 amide bonds. The van der Waals surface area contributed by atoms with Gasteiger partial charge in [-0.05, 0) is 15.9 Å². The van der Waals surface area contributed by atoms with Crippen LogP contribution in [0, 0.1) is 0 Å². The van der Waals surface area contributed by atoms with Crippen LogP contribution in [0.4, 0.5) is 0 Å². The molecule has 0 aliphatic heterocycles. The first kappa shape index (κ1) is 7.75. The van der Waals surface area contributed by atoms with E-state index in [-0.39, 0.29) is 0 Å². The van der Waals surface area contributed by atoms with E-state index in [0.717, 1.165) is 4.60 Å². The van der Waals surface area contributed by atoms with Crippen molar-refractivity contribution in [2.75, 3.05) is 6.61 Å². The van der Waals surface area contributed by atoms with Gasteiger partial charge in [-0.25, -0.2) is 0 Å². The molecule has 54 valence electrons. The third-order valence-corrected chi connectivity index (χ3v) is 2.24. The second kappa shape index (κ2) is 3.73. The molecule has 1 aromatic heterocycles. The Morgan fingerprint density at radius 1 is 1.90 bits per heavy atom. The average Bonchev–Trinajstić information content (AvgIpc) is 2.31. The molecule has 2 nitrogen and oxygen atoms in total. The molecule has 0 fully saturated rings. The van der Waals surface area contributed by atoms with Gasteiger partial charge in [0.15, 0.2) is 0 Å². The van der Waals surface area contributed by atoms with Gasteiger partial charge in [-0.1, -0.05) is 24.0 Å². The lowest BCUT2D eigenvalue weighted by molar-refractivity contribution is 0.360. The van der Waals surface area contributed by atoms with E-state index in [4.69, 9.17) is 4.74 Å². The standard InChI is InChI=1S/C6H6BrNOS/c1-2-3-9-6-8-5(7)4-10-6/h2,4H,1,3H2. The summed E-state index contributed by atoms with van der Waals surface area (Å²) in [6.45, 7) is 4.04. The Balaban J connectivity index is 2.49. The van der Waals surface area contributed by atoms with Gasteiger partial charge in [0.05, 0.1) is 0 Å². The Bertz CT molecular complexity index is 223. The minimum absolute atomic E-state index is 0.514. The third-order valence-electron chi connectivity index (χ3n) is 0.780. The lowest BCUT2D eigenvalue weighted by Gasteiger charge is -1.93. The van der Waals surface area contributed by atoms with Crippen molar-refractivity contribution in [2.24, 2.45) is 0 Å². The van der Waals surface area contributed by atoms with Gasteiger partial charge in [-0.3, -0.25) is 0 Å². The Morgan fingerprint density at radius 2 is 2.70 bits per heavy atom. The van der Waals surface area contributed by atoms with Gasteiger partial charge < -0.3 is 4.74 Å². The van der Waals surface area contributed by atoms with E-state index in [1.54, 1.807) is 6.08 Å². The van der Waals surface area contributed by atoms with Crippen LogP contribution in [0.15, 0.2) is 22.6 Å². The van der Waals surface area contributed by atoms with E-state index < -0.39 is 0 Å². The molecule has 0 N–H and O–H groups in total. The van der Waals surface area contributed by atoms with Crippen molar-refractivity contribution >= 4 is 27.3 Å². The highest BCUT2D eigenvalue weighted by Crippen LogP contribution is 2.21. The predicted molar refractivity (Wildman–Crippen MR) is 45.5 cm³/mol. The Kier molecular flexibility index (Phi) is 2.89. The molecule has 0 unspecified atom stereocenters. The Labute approximate surface area is 71.7 Å². The number of rotatable bonds is 3. The largest absolute Gasteiger partial charge is 0.466 e. The Morgan fingerprint density at radius 3 is 3.20 bits per heavy atom. The van der Waals surface area contributed by atoms with E-state index in [1.165, 1.54) is 11.3 Å². The number of hydrogen-bond donors (Lipinski definition) is 0. The van der Waals surface area contributed by atoms with Gasteiger partial charge in [0, 0.05) is 5.38 Å². The summed E-state index contributed by atoms with van der Waals surface area (Å²) < 4.78 is 5.95. The summed E-state index contributed by atoms with van der Waals surface area (Å²) in [6, 6.07) is 0. The molecule has 0 saturated heterocycles. The number of halogens is 1. The summed E-state index contributed by atoms with van der Waals surface area (Å²) in [5, 5.41) is 2.55. The van der Waals surface area contributed by atoms with Crippen LogP contribution in [0.2, 0.25) is 0 Å². The van der Waals surface area contributed by atoms with Crippen LogP contribution in [0.5, 0.6) is 5.19 Å². The maximum atomic E-state index is 5.14. The molecule has 1 heterocycles. The highest BCUT2D eigenvalue weighted by atomic mass is 79.9. The maximum Gasteiger partial charge on any atom is 0.274 e. The van der Waals surface area contributed by atoms with E-state index in [1.807, 2.05) is 5.38 Å². The fourth-order valence-corrected chi connectivity index (χ4v) is 1.53. The lowest BCUT2D eigenvalue weighted by atomic mass is 10.7. The average molecular weight is 220 g/mol. The summed E-state index contributed by atoms with van der Waals surface area (Å²) in [5.41, 5.74) is 0. The summed E-state index contributed by atoms with van der Waals surface area (Å²) >= 11 is 4.68. The van der Waals surface area contributed by atoms with Gasteiger partial charge in [0.2, 0.25) is 0 Å². The second-order valence-electron chi connectivity index (χ2n) is 1.54. The summed E-state index contributed by atoms with van der Waals surface area (Å²) in [6.07, 6.45) is 1.69. The zero-order valence-electron chi connectivity index (χ0n) is 5.21. The Hall–Kier alpha value is -0.350. The molecule has 4 heteroatoms. The van der Waals surface area contributed by atoms with Crippen molar-refractivity contribution in [2.45, 2.75) is 0 Å². The summed E-state index contributed by atoms with van der Waals surface area (Å²) in [4.78, 5) is 4.01. The van der Waals surface area contributed by atoms with Gasteiger partial charge in [0.1, 0.15) is 11.2 Å². The first-order chi connectivity index (χ1) is 4.83. The van der Waals surface area contributed by atoms with Crippen LogP contribution < -0.4 is 4.74 Å². The molecule has 0 bridgehead atoms. The topological polar surface area (TPSA) is 22.1 Å². The monoisotopic (exact) mass is 219 g/mol. The first-order valence-corrected chi connectivity index (χ1v) is 4.35. The quantitative estimate of drug-likeness (QED) is 0.730. The van der Waals surface area contributed by atoms with Gasteiger partial charge in [0.25, 0.3) is 5.19 Å². The predicted octanol–water partition coefficient (Wildman–Crippen LogP) is 2.47. The highest BCUT2D eigenvalue weighted by molar-refractivity contribution is 9.10. The van der Waals surface area contributed by atoms with Crippen molar-refractivity contribution in [1.29, 1.82) is 0 Å². The maximum absolute atomic E-state index is 5.14. The molecule has 10 heavy (non-hydrogen) atoms. The van der Waals surface area contributed by atoms with Crippen molar-refractivity contribution in [3.05, 3.63) is 22.6 Å². The van der Waals surface area contributed by atoms with Gasteiger partial charge in [-0.15, -0.1) is 0 Å². The van der Waals surface area contributed by atoms with E-state index >= 15 is 0 Å². The molecule has 0 aromatic carbocycles. The molecule has 0 aliphatic carbocycles. The molecule has 0 atom stereocenters. The molecular weight excluding hydrogens is 214 g/mol. The SMILES string of the molecule is C=CCOc1nc(Br)cs1. The fraction of sp³-hybridized carbons (Fsp3) is 0.167. The molecule has 0 aliphatic rings. The first-order valence-electron chi connectivity index (χ1n) is 2.67. The van der Waals surface area contributed by atoms with Crippen molar-refractivity contribution in [3.8, 4) is 5.19 Å². The van der Waals surface area contributed by atoms with Crippen LogP contribution >= 0.6 is 27.3 Å². The van der Waals surface area contributed by atoms with Crippen molar-refractivity contribution in [3.63, 3.8) is 0 Å². The summed E-state index contributed by atoms with van der Waals surface area (Å²) in [5.74, 6) is 0. The summed E-state index contributed by atoms with van der Waals surface area (Å²) in [7, 11) is 0. The number of nitrogens with zero attached hydrogens (tertiary/aromatic N) is 1. The highest BCUT2D eigenvalue weighted by Gasteiger charge is 1.96. The molecule has 0 spiro atoms. The van der Waals surface area contributed by atoms with E-state index in [2.05, 4.69) is 27.5 Å². The van der Waals surface area contributed by atoms with Crippen molar-refractivity contribution < 1.29 is 4.74 Å². The van der Waals surface area contributed by atoms with E-state index in [9.17, 15) is 0 Å². The van der Waals surface area contributed by atoms with Crippen LogP contribution in [-0.2, 0) is 0 Å². The van der Waals surface area contributed by atoms with Gasteiger partial charge in [-0.2, -0.15) is 4.98 Å². The van der Waals surface area contributed by atoms with Crippen LogP contribution in [-0.4, -0.2) is 11.6 Å². The molecular formula is C6H6BrNOS. The van der Waals surface area contributed by atoms with E-state index in [0.29, 0.717) is 11.8 Å². The van der Waals surface area contributed by atoms with Crippen LogP contribution in [0.1, 0.15) is 0 Å². The zero-order chi connectivity index (χ0) is 7.40. The minimum Gasteiger partial charge on any atom is -0.466 e. The number of ether oxygens (including phenoxy) is 1.